The molecule has 2 atom stereocenters. The van der Waals surface area contributed by atoms with E-state index in [4.69, 9.17) is 10.5 Å². The van der Waals surface area contributed by atoms with E-state index in [0.717, 1.165) is 19.1 Å². The van der Waals surface area contributed by atoms with Gasteiger partial charge in [-0.1, -0.05) is 0 Å². The molecule has 4 rings (SSSR count). The normalized spacial score (nSPS) is 26.7. The number of hydrogen-bond acceptors (Lipinski definition) is 7. The molecule has 3 aliphatic rings. The molecule has 3 fully saturated rings. The SMILES string of the molecule is CS(=O)(=O)C[C@@H]1CC1(NC(=O)c1ccc(N2CC(F)(F)C2)c(OCC2CC2)n1)C(N)=O. The first-order chi connectivity index (χ1) is 14.4. The Bertz CT molecular complexity index is 1020. The highest BCUT2D eigenvalue weighted by atomic mass is 32.2. The fourth-order valence-corrected chi connectivity index (χ4v) is 4.88. The van der Waals surface area contributed by atoms with Crippen LogP contribution in [0.2, 0.25) is 0 Å². The Kier molecular flexibility index (Phi) is 5.10. The van der Waals surface area contributed by atoms with Gasteiger partial charge in [0, 0.05) is 12.2 Å². The van der Waals surface area contributed by atoms with E-state index in [0.29, 0.717) is 18.2 Å². The van der Waals surface area contributed by atoms with Gasteiger partial charge in [-0.25, -0.2) is 22.2 Å². The molecule has 0 spiro atoms. The molecule has 9 nitrogen and oxygen atoms in total. The highest BCUT2D eigenvalue weighted by Gasteiger charge is 2.61. The lowest BCUT2D eigenvalue weighted by atomic mass is 10.1. The van der Waals surface area contributed by atoms with Crippen LogP contribution in [0.5, 0.6) is 5.88 Å². The van der Waals surface area contributed by atoms with Crippen molar-refractivity contribution in [2.75, 3.05) is 36.6 Å². The third-order valence-corrected chi connectivity index (χ3v) is 6.80. The molecule has 0 aromatic carbocycles. The number of pyridine rings is 1. The van der Waals surface area contributed by atoms with Gasteiger partial charge in [-0.3, -0.25) is 9.59 Å². The van der Waals surface area contributed by atoms with Crippen molar-refractivity contribution in [1.82, 2.24) is 10.3 Å². The van der Waals surface area contributed by atoms with Crippen molar-refractivity contribution in [3.8, 4) is 5.88 Å². The minimum absolute atomic E-state index is 0.0756. The molecular weight excluding hydrogens is 434 g/mol. The van der Waals surface area contributed by atoms with Crippen LogP contribution in [0.1, 0.15) is 29.8 Å². The number of alkyl halides is 2. The second kappa shape index (κ2) is 7.28. The van der Waals surface area contributed by atoms with Crippen LogP contribution in [0.4, 0.5) is 14.5 Å². The van der Waals surface area contributed by atoms with E-state index in [-0.39, 0.29) is 23.7 Å². The molecule has 1 saturated heterocycles. The number of carbonyl (C=O) groups excluding carboxylic acids is 2. The van der Waals surface area contributed by atoms with Crippen molar-refractivity contribution in [3.63, 3.8) is 0 Å². The predicted molar refractivity (Wildman–Crippen MR) is 107 cm³/mol. The first-order valence-electron chi connectivity index (χ1n) is 9.95. The molecule has 12 heteroatoms. The first-order valence-corrected chi connectivity index (χ1v) is 12.0. The summed E-state index contributed by atoms with van der Waals surface area (Å²) in [7, 11) is -3.36. The molecule has 0 radical (unpaired) electrons. The van der Waals surface area contributed by atoms with Crippen molar-refractivity contribution in [1.29, 1.82) is 0 Å². The zero-order chi connectivity index (χ0) is 22.6. The maximum Gasteiger partial charge on any atom is 0.282 e. The lowest BCUT2D eigenvalue weighted by Gasteiger charge is -2.40. The van der Waals surface area contributed by atoms with Gasteiger partial charge in [-0.2, -0.15) is 0 Å². The highest BCUT2D eigenvalue weighted by molar-refractivity contribution is 7.90. The molecule has 0 bridgehead atoms. The molecule has 1 aliphatic heterocycles. The van der Waals surface area contributed by atoms with Crippen molar-refractivity contribution < 1.29 is 31.5 Å². The highest BCUT2D eigenvalue weighted by Crippen LogP contribution is 2.44. The van der Waals surface area contributed by atoms with Gasteiger partial charge in [0.25, 0.3) is 11.8 Å². The molecule has 3 N–H and O–H groups in total. The Morgan fingerprint density at radius 1 is 1.32 bits per heavy atom. The molecule has 2 saturated carbocycles. The predicted octanol–water partition coefficient (Wildman–Crippen LogP) is 0.344. The molecule has 170 valence electrons. The van der Waals surface area contributed by atoms with E-state index in [9.17, 15) is 26.8 Å². The summed E-state index contributed by atoms with van der Waals surface area (Å²) in [6.07, 6.45) is 3.19. The lowest BCUT2D eigenvalue weighted by Crippen LogP contribution is -2.56. The van der Waals surface area contributed by atoms with Crippen LogP contribution in [0, 0.1) is 11.8 Å². The van der Waals surface area contributed by atoms with Gasteiger partial charge in [0.15, 0.2) is 0 Å². The van der Waals surface area contributed by atoms with Crippen molar-refractivity contribution in [2.45, 2.75) is 30.7 Å². The van der Waals surface area contributed by atoms with E-state index in [1.165, 1.54) is 17.0 Å². The van der Waals surface area contributed by atoms with Crippen molar-refractivity contribution in [2.24, 2.45) is 17.6 Å². The van der Waals surface area contributed by atoms with Gasteiger partial charge in [-0.05, 0) is 37.3 Å². The number of rotatable bonds is 9. The number of sulfone groups is 1. The summed E-state index contributed by atoms with van der Waals surface area (Å²) in [6, 6.07) is 2.84. The molecule has 2 amide bonds. The van der Waals surface area contributed by atoms with E-state index in [1.807, 2.05) is 0 Å². The maximum atomic E-state index is 13.3. The largest absolute Gasteiger partial charge is 0.476 e. The zero-order valence-corrected chi connectivity index (χ0v) is 17.8. The number of hydrogen-bond donors (Lipinski definition) is 2. The topological polar surface area (TPSA) is 132 Å². The summed E-state index contributed by atoms with van der Waals surface area (Å²) in [5.74, 6) is -4.75. The average molecular weight is 458 g/mol. The zero-order valence-electron chi connectivity index (χ0n) is 16.9. The van der Waals surface area contributed by atoms with E-state index in [1.54, 1.807) is 0 Å². The average Bonchev–Trinajstić information content (AvgIpc) is 3.54. The fraction of sp³-hybridized carbons (Fsp3) is 0.632. The Morgan fingerprint density at radius 3 is 2.55 bits per heavy atom. The number of primary amides is 1. The quantitative estimate of drug-likeness (QED) is 0.546. The number of amides is 2. The first kappa shape index (κ1) is 21.7. The minimum atomic E-state index is -3.36. The Labute approximate surface area is 178 Å². The molecule has 31 heavy (non-hydrogen) atoms. The molecule has 1 aromatic heterocycles. The van der Waals surface area contributed by atoms with Crippen LogP contribution in [0.25, 0.3) is 0 Å². The third-order valence-electron chi connectivity index (χ3n) is 5.80. The number of nitrogens with zero attached hydrogens (tertiary/aromatic N) is 2. The summed E-state index contributed by atoms with van der Waals surface area (Å²) >= 11 is 0. The van der Waals surface area contributed by atoms with Crippen LogP contribution in [-0.4, -0.2) is 68.4 Å². The van der Waals surface area contributed by atoms with Gasteiger partial charge in [0.1, 0.15) is 26.8 Å². The molecular formula is C19H24F2N4O5S. The Morgan fingerprint density at radius 2 is 2.00 bits per heavy atom. The lowest BCUT2D eigenvalue weighted by molar-refractivity contribution is -0.121. The van der Waals surface area contributed by atoms with E-state index >= 15 is 0 Å². The Balaban J connectivity index is 1.52. The maximum absolute atomic E-state index is 13.3. The second-order valence-corrected chi connectivity index (χ2v) is 11.0. The molecule has 1 unspecified atom stereocenters. The van der Waals surface area contributed by atoms with Gasteiger partial charge in [0.2, 0.25) is 11.8 Å². The van der Waals surface area contributed by atoms with E-state index in [2.05, 4.69) is 10.3 Å². The number of nitrogens with two attached hydrogens (primary N) is 1. The summed E-state index contributed by atoms with van der Waals surface area (Å²) in [6.45, 7) is -0.549. The van der Waals surface area contributed by atoms with Crippen molar-refractivity contribution in [3.05, 3.63) is 17.8 Å². The second-order valence-electron chi connectivity index (χ2n) is 8.77. The summed E-state index contributed by atoms with van der Waals surface area (Å²) in [4.78, 5) is 30.3. The van der Waals surface area contributed by atoms with Crippen LogP contribution >= 0.6 is 0 Å². The summed E-state index contributed by atoms with van der Waals surface area (Å²) in [5.41, 5.74) is 4.27. The monoisotopic (exact) mass is 458 g/mol. The number of carbonyl (C=O) groups is 2. The van der Waals surface area contributed by atoms with Gasteiger partial charge in [-0.15, -0.1) is 0 Å². The number of halogens is 2. The molecule has 1 aromatic rings. The Hall–Kier alpha value is -2.50. The summed E-state index contributed by atoms with van der Waals surface area (Å²) in [5, 5.41) is 2.52. The standard InChI is InChI=1S/C19H24F2N4O5S/c1-31(28,29)8-12-6-19(12,17(22)27)24-15(26)13-4-5-14(25-9-18(20,21)10-25)16(23-13)30-7-11-2-3-11/h4-5,11-12H,2-3,6-10H2,1H3,(H2,22,27)(H,24,26)/t12-,19?/m0/s1. The van der Waals surface area contributed by atoms with E-state index < -0.39 is 52.1 Å². The minimum Gasteiger partial charge on any atom is -0.476 e. The third kappa shape index (κ3) is 4.73. The summed E-state index contributed by atoms with van der Waals surface area (Å²) < 4.78 is 55.4. The van der Waals surface area contributed by atoms with Crippen LogP contribution in [-0.2, 0) is 14.6 Å². The molecule has 2 heterocycles. The van der Waals surface area contributed by atoms with Gasteiger partial charge < -0.3 is 20.7 Å². The van der Waals surface area contributed by atoms with Crippen molar-refractivity contribution >= 4 is 27.3 Å². The number of nitrogens with one attached hydrogen (secondary N) is 1. The number of aromatic nitrogens is 1. The smallest absolute Gasteiger partial charge is 0.282 e. The van der Waals surface area contributed by atoms with Gasteiger partial charge in [0.05, 0.1) is 25.4 Å². The van der Waals surface area contributed by atoms with Crippen LogP contribution in [0.3, 0.4) is 0 Å². The molecule has 2 aliphatic carbocycles. The van der Waals surface area contributed by atoms with Gasteiger partial charge >= 0.3 is 0 Å². The number of ether oxygens (including phenoxy) is 1. The fourth-order valence-electron chi connectivity index (χ4n) is 3.75. The van der Waals surface area contributed by atoms with Crippen LogP contribution in [0.15, 0.2) is 12.1 Å². The number of anilines is 1. The van der Waals surface area contributed by atoms with Crippen LogP contribution < -0.4 is 20.7 Å².